The molecule has 1 rings (SSSR count). The van der Waals surface area contributed by atoms with Gasteiger partial charge >= 0.3 is 11.9 Å². The fourth-order valence-electron chi connectivity index (χ4n) is 2.47. The van der Waals surface area contributed by atoms with Gasteiger partial charge in [-0.1, -0.05) is 50.1 Å². The lowest BCUT2D eigenvalue weighted by atomic mass is 9.82. The van der Waals surface area contributed by atoms with Gasteiger partial charge in [0.1, 0.15) is 11.5 Å². The van der Waals surface area contributed by atoms with E-state index >= 15 is 0 Å². The lowest BCUT2D eigenvalue weighted by Crippen LogP contribution is -2.27. The van der Waals surface area contributed by atoms with Crippen molar-refractivity contribution in [3.05, 3.63) is 73.8 Å². The Balaban J connectivity index is 2.43. The molecule has 0 aromatic heterocycles. The molecule has 25 heavy (non-hydrogen) atoms. The van der Waals surface area contributed by atoms with Gasteiger partial charge in [0.05, 0.1) is 11.8 Å². The van der Waals surface area contributed by atoms with Gasteiger partial charge in [-0.15, -0.1) is 0 Å². The third kappa shape index (κ3) is 7.66. The third-order valence-corrected chi connectivity index (χ3v) is 3.83. The Morgan fingerprint density at radius 1 is 0.840 bits per heavy atom. The van der Waals surface area contributed by atoms with Crippen LogP contribution in [0.2, 0.25) is 0 Å². The summed E-state index contributed by atoms with van der Waals surface area (Å²) in [5.74, 6) is -0.472. The summed E-state index contributed by atoms with van der Waals surface area (Å²) in [4.78, 5) is 24.2. The highest BCUT2D eigenvalue weighted by atomic mass is 16.5. The first-order chi connectivity index (χ1) is 11.8. The summed E-state index contributed by atoms with van der Waals surface area (Å²) in [7, 11) is 0. The average Bonchev–Trinajstić information content (AvgIpc) is 2.58. The topological polar surface area (TPSA) is 52.6 Å². The van der Waals surface area contributed by atoms with Crippen molar-refractivity contribution in [2.24, 2.45) is 11.8 Å². The molecule has 0 heterocycles. The Labute approximate surface area is 149 Å². The predicted octanol–water partition coefficient (Wildman–Crippen LogP) is 4.78. The summed E-state index contributed by atoms with van der Waals surface area (Å²) < 4.78 is 10.4. The first-order valence-electron chi connectivity index (χ1n) is 8.27. The zero-order chi connectivity index (χ0) is 18.8. The Hall–Kier alpha value is -2.62. The zero-order valence-electron chi connectivity index (χ0n) is 14.8. The van der Waals surface area contributed by atoms with Gasteiger partial charge in [0.25, 0.3) is 0 Å². The van der Waals surface area contributed by atoms with Crippen LogP contribution in [0.25, 0.3) is 0 Å². The molecular weight excluding hydrogens is 316 g/mol. The SMILES string of the molecule is C=C/C=C\C(=C)OC(=O)C1CCC(C(=O)OC(=C)/C=C\C(=C)C)CC1. The van der Waals surface area contributed by atoms with E-state index in [4.69, 9.17) is 9.47 Å². The van der Waals surface area contributed by atoms with E-state index in [9.17, 15) is 9.59 Å². The number of esters is 2. The van der Waals surface area contributed by atoms with Gasteiger partial charge < -0.3 is 9.47 Å². The van der Waals surface area contributed by atoms with Crippen LogP contribution in [0.1, 0.15) is 32.6 Å². The molecule has 0 aliphatic heterocycles. The van der Waals surface area contributed by atoms with E-state index in [1.807, 2.05) is 6.92 Å². The van der Waals surface area contributed by atoms with E-state index in [0.717, 1.165) is 5.57 Å². The van der Waals surface area contributed by atoms with Gasteiger partial charge in [-0.2, -0.15) is 0 Å². The number of rotatable bonds is 8. The maximum Gasteiger partial charge on any atom is 0.314 e. The molecule has 0 atom stereocenters. The first-order valence-corrected chi connectivity index (χ1v) is 8.27. The molecule has 1 aliphatic rings. The van der Waals surface area contributed by atoms with Crippen LogP contribution in [0, 0.1) is 11.8 Å². The van der Waals surface area contributed by atoms with E-state index < -0.39 is 0 Å². The molecule has 0 aromatic rings. The van der Waals surface area contributed by atoms with Gasteiger partial charge in [-0.25, -0.2) is 0 Å². The molecule has 0 bridgehead atoms. The molecule has 0 radical (unpaired) electrons. The molecule has 0 unspecified atom stereocenters. The highest BCUT2D eigenvalue weighted by Crippen LogP contribution is 2.31. The second-order valence-corrected chi connectivity index (χ2v) is 6.10. The van der Waals surface area contributed by atoms with Gasteiger partial charge in [0.15, 0.2) is 0 Å². The Morgan fingerprint density at radius 3 is 1.68 bits per heavy atom. The summed E-state index contributed by atoms with van der Waals surface area (Å²) >= 11 is 0. The van der Waals surface area contributed by atoms with Crippen molar-refractivity contribution in [1.29, 1.82) is 0 Å². The molecule has 0 spiro atoms. The maximum absolute atomic E-state index is 12.1. The fourth-order valence-corrected chi connectivity index (χ4v) is 2.47. The Morgan fingerprint density at radius 2 is 1.28 bits per heavy atom. The summed E-state index contributed by atoms with van der Waals surface area (Å²) in [6, 6.07) is 0. The average molecular weight is 342 g/mol. The van der Waals surface area contributed by atoms with Gasteiger partial charge in [0.2, 0.25) is 0 Å². The molecule has 4 nitrogen and oxygen atoms in total. The minimum absolute atomic E-state index is 0.218. The van der Waals surface area contributed by atoms with Gasteiger partial charge in [-0.05, 0) is 44.8 Å². The van der Waals surface area contributed by atoms with Crippen molar-refractivity contribution in [3.63, 3.8) is 0 Å². The summed E-state index contributed by atoms with van der Waals surface area (Å²) in [6.07, 6.45) is 10.5. The molecule has 0 N–H and O–H groups in total. The molecular formula is C21H26O4. The second-order valence-electron chi connectivity index (χ2n) is 6.10. The third-order valence-electron chi connectivity index (χ3n) is 3.83. The van der Waals surface area contributed by atoms with Crippen molar-refractivity contribution in [1.82, 2.24) is 0 Å². The molecule has 0 saturated heterocycles. The summed E-state index contributed by atoms with van der Waals surface area (Å²) in [6.45, 7) is 16.5. The van der Waals surface area contributed by atoms with E-state index in [0.29, 0.717) is 31.4 Å². The fraction of sp³-hybridized carbons (Fsp3) is 0.333. The van der Waals surface area contributed by atoms with Crippen molar-refractivity contribution < 1.29 is 19.1 Å². The van der Waals surface area contributed by atoms with E-state index in [-0.39, 0.29) is 29.5 Å². The number of ether oxygens (including phenoxy) is 2. The van der Waals surface area contributed by atoms with Crippen LogP contribution in [-0.2, 0) is 19.1 Å². The molecule has 1 fully saturated rings. The van der Waals surface area contributed by atoms with Crippen molar-refractivity contribution >= 4 is 11.9 Å². The largest absolute Gasteiger partial charge is 0.427 e. The quantitative estimate of drug-likeness (QED) is 0.362. The number of carbonyl (C=O) groups excluding carboxylic acids is 2. The Bertz CT molecular complexity index is 614. The Kier molecular flexibility index (Phi) is 8.40. The first kappa shape index (κ1) is 20.4. The van der Waals surface area contributed by atoms with E-state index in [1.165, 1.54) is 0 Å². The molecule has 0 aromatic carbocycles. The molecule has 1 aliphatic carbocycles. The molecule has 0 amide bonds. The highest BCUT2D eigenvalue weighted by Gasteiger charge is 2.32. The minimum Gasteiger partial charge on any atom is -0.427 e. The number of carbonyl (C=O) groups is 2. The van der Waals surface area contributed by atoms with Gasteiger partial charge in [0, 0.05) is 0 Å². The second kappa shape index (κ2) is 10.3. The monoisotopic (exact) mass is 342 g/mol. The lowest BCUT2D eigenvalue weighted by Gasteiger charge is -2.25. The molecule has 134 valence electrons. The minimum atomic E-state index is -0.306. The van der Waals surface area contributed by atoms with Crippen LogP contribution >= 0.6 is 0 Å². The molecule has 1 saturated carbocycles. The van der Waals surface area contributed by atoms with E-state index in [2.05, 4.69) is 26.3 Å². The van der Waals surface area contributed by atoms with Crippen molar-refractivity contribution in [3.8, 4) is 0 Å². The number of hydrogen-bond donors (Lipinski definition) is 0. The van der Waals surface area contributed by atoms with Crippen LogP contribution in [0.3, 0.4) is 0 Å². The van der Waals surface area contributed by atoms with Crippen LogP contribution in [0.4, 0.5) is 0 Å². The highest BCUT2D eigenvalue weighted by molar-refractivity contribution is 5.76. The van der Waals surface area contributed by atoms with Crippen LogP contribution in [-0.4, -0.2) is 11.9 Å². The summed E-state index contributed by atoms with van der Waals surface area (Å²) in [5, 5.41) is 0. The van der Waals surface area contributed by atoms with Crippen LogP contribution < -0.4 is 0 Å². The van der Waals surface area contributed by atoms with Crippen molar-refractivity contribution in [2.45, 2.75) is 32.6 Å². The maximum atomic E-state index is 12.1. The predicted molar refractivity (Wildman–Crippen MR) is 99.2 cm³/mol. The smallest absolute Gasteiger partial charge is 0.314 e. The van der Waals surface area contributed by atoms with Crippen LogP contribution in [0.5, 0.6) is 0 Å². The lowest BCUT2D eigenvalue weighted by molar-refractivity contribution is -0.150. The van der Waals surface area contributed by atoms with Crippen molar-refractivity contribution in [2.75, 3.05) is 0 Å². The normalized spacial score (nSPS) is 20.2. The number of allylic oxidation sites excluding steroid dienone is 6. The summed E-state index contributed by atoms with van der Waals surface area (Å²) in [5.41, 5.74) is 0.848. The molecule has 4 heteroatoms. The van der Waals surface area contributed by atoms with Gasteiger partial charge in [-0.3, -0.25) is 9.59 Å². The standard InChI is InChI=1S/C21H26O4/c1-6-7-8-16(4)24-20(22)18-11-13-19(14-12-18)21(23)25-17(5)10-9-15(2)3/h6-10,18-19H,1-2,4-5,11-14H2,3H3/b8-7-,10-9-. The van der Waals surface area contributed by atoms with E-state index in [1.54, 1.807) is 30.4 Å². The van der Waals surface area contributed by atoms with Crippen LogP contribution in [0.15, 0.2) is 73.8 Å². The number of hydrogen-bond acceptors (Lipinski definition) is 4. The zero-order valence-corrected chi connectivity index (χ0v) is 14.8.